The number of nitrogens with one attached hydrogen (secondary N) is 1. The van der Waals surface area contributed by atoms with E-state index >= 15 is 0 Å². The van der Waals surface area contributed by atoms with Gasteiger partial charge in [-0.25, -0.2) is 13.8 Å². The molecule has 0 atom stereocenters. The van der Waals surface area contributed by atoms with E-state index in [9.17, 15) is 14.0 Å². The van der Waals surface area contributed by atoms with Gasteiger partial charge in [-0.15, -0.1) is 11.3 Å². The van der Waals surface area contributed by atoms with Gasteiger partial charge in [0.15, 0.2) is 11.6 Å². The predicted octanol–water partition coefficient (Wildman–Crippen LogP) is 5.72. The maximum Gasteiger partial charge on any atom is 0.160 e. The van der Waals surface area contributed by atoms with Gasteiger partial charge in [-0.1, -0.05) is 23.7 Å². The first-order valence-corrected chi connectivity index (χ1v) is 8.36. The normalized spacial score (nSPS) is 11.2. The zero-order valence-corrected chi connectivity index (χ0v) is 14.2. The van der Waals surface area contributed by atoms with Crippen LogP contribution in [0.5, 0.6) is 0 Å². The van der Waals surface area contributed by atoms with Crippen LogP contribution >= 0.6 is 22.9 Å². The van der Waals surface area contributed by atoms with E-state index in [0.717, 1.165) is 23.4 Å². The van der Waals surface area contributed by atoms with Crippen LogP contribution < -0.4 is 5.32 Å². The summed E-state index contributed by atoms with van der Waals surface area (Å²) in [4.78, 5) is 4.44. The number of allylic oxidation sites excluding steroid dienone is 1. The molecule has 3 nitrogen and oxygen atoms in total. The lowest BCUT2D eigenvalue weighted by atomic mass is 10.2. The number of halogens is 3. The minimum absolute atomic E-state index is 0.287. The fourth-order valence-electron chi connectivity index (χ4n) is 2.03. The van der Waals surface area contributed by atoms with Gasteiger partial charge < -0.3 is 5.32 Å². The Bertz CT molecular complexity index is 975. The third-order valence-corrected chi connectivity index (χ3v) is 4.43. The Labute approximate surface area is 151 Å². The summed E-state index contributed by atoms with van der Waals surface area (Å²) in [6, 6.07) is 12.7. The summed E-state index contributed by atoms with van der Waals surface area (Å²) in [6.07, 6.45) is 1.41. The van der Waals surface area contributed by atoms with Crippen molar-refractivity contribution in [3.8, 4) is 17.3 Å². The van der Waals surface area contributed by atoms with Crippen molar-refractivity contribution >= 4 is 34.2 Å². The number of aromatic nitrogens is 1. The second-order valence-corrected chi connectivity index (χ2v) is 6.28. The van der Waals surface area contributed by atoms with E-state index in [0.29, 0.717) is 15.7 Å². The topological polar surface area (TPSA) is 48.7 Å². The van der Waals surface area contributed by atoms with Crippen molar-refractivity contribution in [2.45, 2.75) is 0 Å². The molecule has 124 valence electrons. The molecule has 0 aliphatic heterocycles. The van der Waals surface area contributed by atoms with Gasteiger partial charge in [-0.2, -0.15) is 5.26 Å². The summed E-state index contributed by atoms with van der Waals surface area (Å²) < 4.78 is 26.1. The SMILES string of the molecule is N#C/C(=C/Nc1ccc(F)c(F)c1)c1nc(-c2ccc(Cl)cc2)cs1. The van der Waals surface area contributed by atoms with Gasteiger partial charge in [0.25, 0.3) is 0 Å². The molecule has 0 fully saturated rings. The van der Waals surface area contributed by atoms with E-state index in [1.807, 2.05) is 23.6 Å². The average molecular weight is 374 g/mol. The zero-order valence-electron chi connectivity index (χ0n) is 12.6. The largest absolute Gasteiger partial charge is 0.360 e. The fraction of sp³-hybridized carbons (Fsp3) is 0. The van der Waals surface area contributed by atoms with E-state index in [-0.39, 0.29) is 5.57 Å². The number of hydrogen-bond acceptors (Lipinski definition) is 4. The molecule has 25 heavy (non-hydrogen) atoms. The molecule has 3 rings (SSSR count). The van der Waals surface area contributed by atoms with Crippen molar-refractivity contribution in [1.82, 2.24) is 4.98 Å². The molecule has 0 bridgehead atoms. The van der Waals surface area contributed by atoms with Crippen LogP contribution in [0.4, 0.5) is 14.5 Å². The number of rotatable bonds is 4. The molecule has 3 aromatic rings. The van der Waals surface area contributed by atoms with Crippen molar-refractivity contribution in [2.75, 3.05) is 5.32 Å². The number of thiazole rings is 1. The maximum absolute atomic E-state index is 13.2. The summed E-state index contributed by atoms with van der Waals surface area (Å²) in [6.45, 7) is 0. The van der Waals surface area contributed by atoms with Gasteiger partial charge >= 0.3 is 0 Å². The van der Waals surface area contributed by atoms with Crippen LogP contribution in [-0.4, -0.2) is 4.98 Å². The second kappa shape index (κ2) is 7.43. The molecular weight excluding hydrogens is 364 g/mol. The number of nitrogens with zero attached hydrogens (tertiary/aromatic N) is 2. The van der Waals surface area contributed by atoms with Crippen LogP contribution in [0.1, 0.15) is 5.01 Å². The van der Waals surface area contributed by atoms with Crippen molar-refractivity contribution < 1.29 is 8.78 Å². The quantitative estimate of drug-likeness (QED) is 0.595. The second-order valence-electron chi connectivity index (χ2n) is 4.99. The summed E-state index contributed by atoms with van der Waals surface area (Å²) in [5, 5.41) is 15.1. The molecule has 2 aromatic carbocycles. The summed E-state index contributed by atoms with van der Waals surface area (Å²) in [7, 11) is 0. The van der Waals surface area contributed by atoms with Gasteiger partial charge in [0.1, 0.15) is 16.6 Å². The van der Waals surface area contributed by atoms with Crippen molar-refractivity contribution in [1.29, 1.82) is 5.26 Å². The Morgan fingerprint density at radius 1 is 1.16 bits per heavy atom. The van der Waals surface area contributed by atoms with Gasteiger partial charge in [0, 0.05) is 33.9 Å². The number of anilines is 1. The van der Waals surface area contributed by atoms with E-state index in [1.54, 1.807) is 12.1 Å². The first kappa shape index (κ1) is 17.1. The number of nitriles is 1. The highest BCUT2D eigenvalue weighted by molar-refractivity contribution is 7.11. The molecule has 0 unspecified atom stereocenters. The summed E-state index contributed by atoms with van der Waals surface area (Å²) in [5.74, 6) is -1.89. The smallest absolute Gasteiger partial charge is 0.160 e. The monoisotopic (exact) mass is 373 g/mol. The molecule has 0 radical (unpaired) electrons. The molecular formula is C18H10ClF2N3S. The molecule has 1 heterocycles. The van der Waals surface area contributed by atoms with Gasteiger partial charge in [-0.3, -0.25) is 0 Å². The van der Waals surface area contributed by atoms with Crippen LogP contribution in [-0.2, 0) is 0 Å². The van der Waals surface area contributed by atoms with Gasteiger partial charge in [-0.05, 0) is 24.3 Å². The van der Waals surface area contributed by atoms with Crippen LogP contribution in [0, 0.1) is 23.0 Å². The van der Waals surface area contributed by atoms with Gasteiger partial charge in [0.2, 0.25) is 0 Å². The average Bonchev–Trinajstić information content (AvgIpc) is 3.09. The molecule has 0 aliphatic rings. The van der Waals surface area contributed by atoms with Crippen LogP contribution in [0.25, 0.3) is 16.8 Å². The third-order valence-electron chi connectivity index (χ3n) is 3.30. The molecule has 0 spiro atoms. The first-order chi connectivity index (χ1) is 12.1. The van der Waals surface area contributed by atoms with E-state index in [1.165, 1.54) is 23.6 Å². The van der Waals surface area contributed by atoms with Crippen LogP contribution in [0.15, 0.2) is 54.0 Å². The lowest BCUT2D eigenvalue weighted by Gasteiger charge is -2.02. The molecule has 0 saturated carbocycles. The van der Waals surface area contributed by atoms with Crippen molar-refractivity contribution in [3.63, 3.8) is 0 Å². The summed E-state index contributed by atoms with van der Waals surface area (Å²) in [5.41, 5.74) is 2.24. The highest BCUT2D eigenvalue weighted by Crippen LogP contribution is 2.27. The van der Waals surface area contributed by atoms with Crippen molar-refractivity contribution in [3.05, 3.63) is 75.7 Å². The number of hydrogen-bond donors (Lipinski definition) is 1. The number of benzene rings is 2. The Hall–Kier alpha value is -2.75. The maximum atomic E-state index is 13.2. The fourth-order valence-corrected chi connectivity index (χ4v) is 2.95. The van der Waals surface area contributed by atoms with Crippen LogP contribution in [0.2, 0.25) is 5.02 Å². The predicted molar refractivity (Wildman–Crippen MR) is 96.1 cm³/mol. The minimum atomic E-state index is -0.962. The Kier molecular flexibility index (Phi) is 5.08. The molecule has 1 aromatic heterocycles. The first-order valence-electron chi connectivity index (χ1n) is 7.10. The third kappa shape index (κ3) is 4.02. The van der Waals surface area contributed by atoms with Gasteiger partial charge in [0.05, 0.1) is 5.69 Å². The lowest BCUT2D eigenvalue weighted by molar-refractivity contribution is 0.509. The Morgan fingerprint density at radius 3 is 2.60 bits per heavy atom. The lowest BCUT2D eigenvalue weighted by Crippen LogP contribution is -1.93. The van der Waals surface area contributed by atoms with Crippen LogP contribution in [0.3, 0.4) is 0 Å². The molecule has 1 N–H and O–H groups in total. The van der Waals surface area contributed by atoms with Crippen molar-refractivity contribution in [2.24, 2.45) is 0 Å². The van der Waals surface area contributed by atoms with E-state index in [2.05, 4.69) is 10.3 Å². The Morgan fingerprint density at radius 2 is 1.92 bits per heavy atom. The Balaban J connectivity index is 1.82. The van der Waals surface area contributed by atoms with E-state index < -0.39 is 11.6 Å². The minimum Gasteiger partial charge on any atom is -0.360 e. The molecule has 0 amide bonds. The van der Waals surface area contributed by atoms with E-state index in [4.69, 9.17) is 11.6 Å². The summed E-state index contributed by atoms with van der Waals surface area (Å²) >= 11 is 7.18. The highest BCUT2D eigenvalue weighted by Gasteiger charge is 2.09. The highest BCUT2D eigenvalue weighted by atomic mass is 35.5. The zero-order chi connectivity index (χ0) is 17.8. The molecule has 7 heteroatoms. The molecule has 0 saturated heterocycles. The molecule has 0 aliphatic carbocycles. The standard InChI is InChI=1S/C18H10ClF2N3S/c19-13-3-1-11(2-4-13)17-10-25-18(24-17)12(8-22)9-23-14-5-6-15(20)16(21)7-14/h1-7,9-10,23H/b12-9-.